The summed E-state index contributed by atoms with van der Waals surface area (Å²) in [7, 11) is 0. The van der Waals surface area contributed by atoms with Crippen molar-refractivity contribution in [2.75, 3.05) is 13.1 Å². The van der Waals surface area contributed by atoms with Crippen molar-refractivity contribution >= 4 is 12.0 Å². The van der Waals surface area contributed by atoms with Crippen LogP contribution in [0, 0.1) is 0 Å². The second kappa shape index (κ2) is 6.23. The van der Waals surface area contributed by atoms with Gasteiger partial charge >= 0.3 is 0 Å². The maximum atomic E-state index is 12.1. The molecule has 1 aromatic rings. The highest BCUT2D eigenvalue weighted by atomic mass is 16.1. The van der Waals surface area contributed by atoms with Crippen LogP contribution < -0.4 is 5.32 Å². The molecule has 3 heteroatoms. The summed E-state index contributed by atoms with van der Waals surface area (Å²) in [5, 5.41) is 3.19. The highest BCUT2D eigenvalue weighted by Gasteiger charge is 2.34. The summed E-state index contributed by atoms with van der Waals surface area (Å²) >= 11 is 0. The highest BCUT2D eigenvalue weighted by Crippen LogP contribution is 2.27. The number of nitrogens with zero attached hydrogens (tertiary/aromatic N) is 1. The average molecular weight is 270 g/mol. The summed E-state index contributed by atoms with van der Waals surface area (Å²) in [6, 6.07) is 10.8. The SMILES string of the molecule is O=C(/C=C/c1ccccc1)N[C@H]1CCCN2CCC[C@@H]12. The molecule has 106 valence electrons. The lowest BCUT2D eigenvalue weighted by Gasteiger charge is -2.36. The Morgan fingerprint density at radius 2 is 1.90 bits per heavy atom. The van der Waals surface area contributed by atoms with E-state index in [1.807, 2.05) is 36.4 Å². The van der Waals surface area contributed by atoms with Crippen LogP contribution in [-0.4, -0.2) is 36.0 Å². The lowest BCUT2D eigenvalue weighted by Crippen LogP contribution is -2.52. The molecule has 2 fully saturated rings. The van der Waals surface area contributed by atoms with Crippen LogP contribution in [0.15, 0.2) is 36.4 Å². The fraction of sp³-hybridized carbons (Fsp3) is 0.471. The molecule has 2 heterocycles. The molecule has 2 aliphatic heterocycles. The first-order valence-corrected chi connectivity index (χ1v) is 7.60. The number of benzene rings is 1. The molecule has 0 spiro atoms. The van der Waals surface area contributed by atoms with Crippen molar-refractivity contribution < 1.29 is 4.79 Å². The lowest BCUT2D eigenvalue weighted by molar-refractivity contribution is -0.117. The Morgan fingerprint density at radius 1 is 1.15 bits per heavy atom. The lowest BCUT2D eigenvalue weighted by atomic mass is 9.96. The van der Waals surface area contributed by atoms with E-state index in [-0.39, 0.29) is 5.91 Å². The second-order valence-electron chi connectivity index (χ2n) is 5.75. The maximum absolute atomic E-state index is 12.1. The van der Waals surface area contributed by atoms with Crippen molar-refractivity contribution in [3.8, 4) is 0 Å². The molecule has 3 nitrogen and oxygen atoms in total. The number of carbonyl (C=O) groups excluding carboxylic acids is 1. The predicted molar refractivity (Wildman–Crippen MR) is 81.2 cm³/mol. The van der Waals surface area contributed by atoms with Crippen molar-refractivity contribution in [2.24, 2.45) is 0 Å². The van der Waals surface area contributed by atoms with Crippen molar-refractivity contribution in [1.29, 1.82) is 0 Å². The summed E-state index contributed by atoms with van der Waals surface area (Å²) in [6.45, 7) is 2.41. The van der Waals surface area contributed by atoms with Gasteiger partial charge in [-0.15, -0.1) is 0 Å². The number of rotatable bonds is 3. The number of hydrogen-bond donors (Lipinski definition) is 1. The fourth-order valence-corrected chi connectivity index (χ4v) is 3.43. The Labute approximate surface area is 120 Å². The molecule has 2 aliphatic rings. The molecule has 0 unspecified atom stereocenters. The molecule has 0 saturated carbocycles. The zero-order valence-corrected chi connectivity index (χ0v) is 11.8. The smallest absolute Gasteiger partial charge is 0.244 e. The summed E-state index contributed by atoms with van der Waals surface area (Å²) < 4.78 is 0. The molecular weight excluding hydrogens is 248 g/mol. The molecule has 0 radical (unpaired) electrons. The van der Waals surface area contributed by atoms with E-state index in [2.05, 4.69) is 10.2 Å². The molecule has 1 N–H and O–H groups in total. The third-order valence-electron chi connectivity index (χ3n) is 4.39. The van der Waals surface area contributed by atoms with E-state index in [0.717, 1.165) is 12.0 Å². The Morgan fingerprint density at radius 3 is 2.70 bits per heavy atom. The van der Waals surface area contributed by atoms with Crippen LogP contribution in [0.1, 0.15) is 31.2 Å². The Balaban J connectivity index is 1.57. The zero-order valence-electron chi connectivity index (χ0n) is 11.8. The first kappa shape index (κ1) is 13.4. The molecule has 1 amide bonds. The van der Waals surface area contributed by atoms with E-state index < -0.39 is 0 Å². The van der Waals surface area contributed by atoms with E-state index in [0.29, 0.717) is 12.1 Å². The van der Waals surface area contributed by atoms with Gasteiger partial charge in [-0.1, -0.05) is 30.3 Å². The minimum Gasteiger partial charge on any atom is -0.348 e. The van der Waals surface area contributed by atoms with Gasteiger partial charge in [-0.3, -0.25) is 9.69 Å². The van der Waals surface area contributed by atoms with Crippen molar-refractivity contribution in [3.05, 3.63) is 42.0 Å². The molecule has 20 heavy (non-hydrogen) atoms. The predicted octanol–water partition coefficient (Wildman–Crippen LogP) is 2.44. The van der Waals surface area contributed by atoms with Crippen LogP contribution in [-0.2, 0) is 4.79 Å². The van der Waals surface area contributed by atoms with Gasteiger partial charge in [0.2, 0.25) is 5.91 Å². The highest BCUT2D eigenvalue weighted by molar-refractivity contribution is 5.91. The number of amides is 1. The van der Waals surface area contributed by atoms with Gasteiger partial charge < -0.3 is 5.32 Å². The van der Waals surface area contributed by atoms with Crippen molar-refractivity contribution in [1.82, 2.24) is 10.2 Å². The van der Waals surface area contributed by atoms with Crippen LogP contribution in [0.4, 0.5) is 0 Å². The molecule has 0 bridgehead atoms. The largest absolute Gasteiger partial charge is 0.348 e. The molecule has 0 aromatic heterocycles. The Bertz CT molecular complexity index is 483. The molecular formula is C17H22N2O. The van der Waals surface area contributed by atoms with Gasteiger partial charge in [0, 0.05) is 18.2 Å². The quantitative estimate of drug-likeness (QED) is 0.856. The third kappa shape index (κ3) is 3.10. The van der Waals surface area contributed by atoms with Crippen LogP contribution in [0.5, 0.6) is 0 Å². The number of nitrogens with one attached hydrogen (secondary N) is 1. The molecule has 2 saturated heterocycles. The maximum Gasteiger partial charge on any atom is 0.244 e. The fourth-order valence-electron chi connectivity index (χ4n) is 3.43. The van der Waals surface area contributed by atoms with Crippen LogP contribution in [0.25, 0.3) is 6.08 Å². The van der Waals surface area contributed by atoms with E-state index in [9.17, 15) is 4.79 Å². The number of fused-ring (bicyclic) bond motifs is 1. The molecule has 3 rings (SSSR count). The Kier molecular flexibility index (Phi) is 4.16. The number of hydrogen-bond acceptors (Lipinski definition) is 2. The number of piperidine rings is 1. The first-order valence-electron chi connectivity index (χ1n) is 7.60. The molecule has 2 atom stereocenters. The van der Waals surface area contributed by atoms with Crippen LogP contribution in [0.3, 0.4) is 0 Å². The summed E-state index contributed by atoms with van der Waals surface area (Å²) in [5.74, 6) is 0.0348. The van der Waals surface area contributed by atoms with Gasteiger partial charge in [-0.25, -0.2) is 0 Å². The van der Waals surface area contributed by atoms with Gasteiger partial charge in [0.25, 0.3) is 0 Å². The summed E-state index contributed by atoms with van der Waals surface area (Å²) in [5.41, 5.74) is 1.06. The first-order chi connectivity index (χ1) is 9.83. The summed E-state index contributed by atoms with van der Waals surface area (Å²) in [4.78, 5) is 14.6. The second-order valence-corrected chi connectivity index (χ2v) is 5.75. The minimum absolute atomic E-state index is 0.0348. The van der Waals surface area contributed by atoms with E-state index in [4.69, 9.17) is 0 Å². The van der Waals surface area contributed by atoms with Crippen molar-refractivity contribution in [2.45, 2.75) is 37.8 Å². The number of carbonyl (C=O) groups is 1. The van der Waals surface area contributed by atoms with Crippen LogP contribution >= 0.6 is 0 Å². The monoisotopic (exact) mass is 270 g/mol. The Hall–Kier alpha value is -1.61. The van der Waals surface area contributed by atoms with Crippen molar-refractivity contribution in [3.63, 3.8) is 0 Å². The van der Waals surface area contributed by atoms with Gasteiger partial charge in [-0.05, 0) is 50.4 Å². The van der Waals surface area contributed by atoms with Gasteiger partial charge in [-0.2, -0.15) is 0 Å². The third-order valence-corrected chi connectivity index (χ3v) is 4.39. The molecule has 1 aromatic carbocycles. The normalized spacial score (nSPS) is 26.6. The molecule has 0 aliphatic carbocycles. The standard InChI is InChI=1S/C17H22N2O/c20-17(11-10-14-6-2-1-3-7-14)18-15-8-4-12-19-13-5-9-16(15)19/h1-3,6-7,10-11,15-16H,4-5,8-9,12-13H2,(H,18,20)/b11-10+/t15-,16-/m0/s1. The van der Waals surface area contributed by atoms with E-state index in [1.165, 1.54) is 32.4 Å². The van der Waals surface area contributed by atoms with Gasteiger partial charge in [0.15, 0.2) is 0 Å². The summed E-state index contributed by atoms with van der Waals surface area (Å²) in [6.07, 6.45) is 8.36. The minimum atomic E-state index is 0.0348. The topological polar surface area (TPSA) is 32.3 Å². The van der Waals surface area contributed by atoms with E-state index >= 15 is 0 Å². The zero-order chi connectivity index (χ0) is 13.8. The van der Waals surface area contributed by atoms with Crippen LogP contribution in [0.2, 0.25) is 0 Å². The van der Waals surface area contributed by atoms with Gasteiger partial charge in [0.05, 0.1) is 0 Å². The van der Waals surface area contributed by atoms with E-state index in [1.54, 1.807) is 6.08 Å². The average Bonchev–Trinajstić information content (AvgIpc) is 2.96. The van der Waals surface area contributed by atoms with Gasteiger partial charge in [0.1, 0.15) is 0 Å².